The van der Waals surface area contributed by atoms with E-state index < -0.39 is 0 Å². The van der Waals surface area contributed by atoms with Gasteiger partial charge < -0.3 is 4.40 Å². The van der Waals surface area contributed by atoms with Crippen LogP contribution in [0.1, 0.15) is 5.69 Å². The Morgan fingerprint density at radius 2 is 1.90 bits per heavy atom. The summed E-state index contributed by atoms with van der Waals surface area (Å²) in [5.74, 6) is 0.870. The first-order valence-corrected chi connectivity index (χ1v) is 7.46. The monoisotopic (exact) mass is 326 g/mol. The maximum atomic E-state index is 4.71. The van der Waals surface area contributed by atoms with Crippen molar-refractivity contribution in [1.82, 2.24) is 19.2 Å². The topological polar surface area (TPSA) is 35.1 Å². The highest BCUT2D eigenvalue weighted by Crippen LogP contribution is 2.23. The Morgan fingerprint density at radius 1 is 1.05 bits per heavy atom. The fourth-order valence-corrected chi connectivity index (χ4v) is 2.99. The van der Waals surface area contributed by atoms with E-state index in [1.165, 1.54) is 0 Å². The highest BCUT2D eigenvalue weighted by atomic mass is 79.9. The highest BCUT2D eigenvalue weighted by Gasteiger charge is 2.15. The molecule has 0 aliphatic rings. The van der Waals surface area contributed by atoms with E-state index in [0.29, 0.717) is 0 Å². The van der Waals surface area contributed by atoms with Crippen molar-refractivity contribution >= 4 is 32.5 Å². The number of halogens is 1. The summed E-state index contributed by atoms with van der Waals surface area (Å²) in [6.07, 6.45) is 3.89. The van der Waals surface area contributed by atoms with Gasteiger partial charge in [-0.05, 0) is 18.2 Å². The molecule has 0 amide bonds. The van der Waals surface area contributed by atoms with Crippen molar-refractivity contribution in [1.29, 1.82) is 0 Å². The van der Waals surface area contributed by atoms with Gasteiger partial charge in [0.25, 0.3) is 0 Å². The van der Waals surface area contributed by atoms with Crippen molar-refractivity contribution in [3.63, 3.8) is 0 Å². The van der Waals surface area contributed by atoms with Gasteiger partial charge in [-0.2, -0.15) is 5.10 Å². The van der Waals surface area contributed by atoms with Crippen LogP contribution in [0.2, 0.25) is 0 Å². The molecule has 0 spiro atoms. The second kappa shape index (κ2) is 4.45. The second-order valence-electron chi connectivity index (χ2n) is 4.56. The van der Waals surface area contributed by atoms with Gasteiger partial charge in [0.2, 0.25) is 0 Å². The number of fused-ring (bicyclic) bond motifs is 2. The highest BCUT2D eigenvalue weighted by molar-refractivity contribution is 9.08. The summed E-state index contributed by atoms with van der Waals surface area (Å²) >= 11 is 3.56. The normalized spacial score (nSPS) is 11.4. The van der Waals surface area contributed by atoms with E-state index in [9.17, 15) is 0 Å². The van der Waals surface area contributed by atoms with E-state index in [1.54, 1.807) is 0 Å². The third-order valence-electron chi connectivity index (χ3n) is 3.41. The van der Waals surface area contributed by atoms with Gasteiger partial charge in [-0.25, -0.2) is 9.67 Å². The molecule has 20 heavy (non-hydrogen) atoms. The first-order valence-electron chi connectivity index (χ1n) is 6.33. The zero-order valence-electron chi connectivity index (χ0n) is 10.6. The van der Waals surface area contributed by atoms with Crippen LogP contribution in [0.3, 0.4) is 0 Å². The summed E-state index contributed by atoms with van der Waals surface area (Å²) in [4.78, 5) is 4.71. The van der Waals surface area contributed by atoms with Gasteiger partial charge in [-0.1, -0.05) is 40.2 Å². The molecular formula is C15H11BrN4. The van der Waals surface area contributed by atoms with Gasteiger partial charge >= 0.3 is 0 Å². The molecule has 0 unspecified atom stereocenters. The number of rotatable bonds is 2. The van der Waals surface area contributed by atoms with Crippen LogP contribution in [0.5, 0.6) is 0 Å². The molecule has 0 saturated heterocycles. The molecule has 98 valence electrons. The van der Waals surface area contributed by atoms with Crippen molar-refractivity contribution in [3.8, 4) is 5.82 Å². The average Bonchev–Trinajstić information content (AvgIpc) is 3.07. The quantitative estimate of drug-likeness (QED) is 0.528. The maximum Gasteiger partial charge on any atom is 0.177 e. The molecule has 0 saturated carbocycles. The van der Waals surface area contributed by atoms with Crippen LogP contribution in [-0.4, -0.2) is 19.2 Å². The predicted molar refractivity (Wildman–Crippen MR) is 82.5 cm³/mol. The lowest BCUT2D eigenvalue weighted by molar-refractivity contribution is 0.871. The molecule has 0 bridgehead atoms. The third-order valence-corrected chi connectivity index (χ3v) is 3.94. The first-order chi connectivity index (χ1) is 9.88. The Hall–Kier alpha value is -2.14. The maximum absolute atomic E-state index is 4.71. The van der Waals surface area contributed by atoms with E-state index in [-0.39, 0.29) is 0 Å². The first kappa shape index (κ1) is 11.7. The molecule has 0 fully saturated rings. The van der Waals surface area contributed by atoms with Crippen molar-refractivity contribution in [3.05, 3.63) is 60.6 Å². The van der Waals surface area contributed by atoms with Crippen LogP contribution in [-0.2, 0) is 5.33 Å². The number of para-hydroxylation sites is 1. The molecule has 0 atom stereocenters. The molecule has 0 N–H and O–H groups in total. The van der Waals surface area contributed by atoms with Crippen molar-refractivity contribution in [2.24, 2.45) is 0 Å². The fraction of sp³-hybridized carbons (Fsp3) is 0.0667. The fourth-order valence-electron chi connectivity index (χ4n) is 2.47. The number of nitrogens with zero attached hydrogens (tertiary/aromatic N) is 4. The number of pyridine rings is 1. The molecule has 0 radical (unpaired) electrons. The zero-order chi connectivity index (χ0) is 13.5. The van der Waals surface area contributed by atoms with Crippen molar-refractivity contribution in [2.75, 3.05) is 0 Å². The van der Waals surface area contributed by atoms with E-state index in [1.807, 2.05) is 47.4 Å². The predicted octanol–water partition coefficient (Wildman–Crippen LogP) is 3.57. The van der Waals surface area contributed by atoms with Gasteiger partial charge in [0.05, 0.1) is 17.4 Å². The summed E-state index contributed by atoms with van der Waals surface area (Å²) in [5, 5.41) is 6.33. The second-order valence-corrected chi connectivity index (χ2v) is 5.12. The summed E-state index contributed by atoms with van der Waals surface area (Å²) in [5.41, 5.74) is 3.09. The molecule has 3 heterocycles. The number of imidazole rings is 1. The Balaban J connectivity index is 2.07. The lowest BCUT2D eigenvalue weighted by Gasteiger charge is -2.02. The molecule has 3 aromatic heterocycles. The summed E-state index contributed by atoms with van der Waals surface area (Å²) in [7, 11) is 0. The minimum Gasteiger partial charge on any atom is -0.301 e. The van der Waals surface area contributed by atoms with Gasteiger partial charge in [0.1, 0.15) is 5.65 Å². The Kier molecular flexibility index (Phi) is 2.60. The molecular weight excluding hydrogens is 316 g/mol. The van der Waals surface area contributed by atoms with Crippen LogP contribution >= 0.6 is 15.9 Å². The van der Waals surface area contributed by atoms with Crippen molar-refractivity contribution < 1.29 is 0 Å². The van der Waals surface area contributed by atoms with E-state index in [4.69, 9.17) is 4.98 Å². The van der Waals surface area contributed by atoms with Crippen LogP contribution in [0.25, 0.3) is 22.4 Å². The number of benzene rings is 1. The summed E-state index contributed by atoms with van der Waals surface area (Å²) in [6, 6.07) is 14.2. The average molecular weight is 327 g/mol. The smallest absolute Gasteiger partial charge is 0.177 e. The van der Waals surface area contributed by atoms with Crippen LogP contribution in [0.15, 0.2) is 54.9 Å². The third kappa shape index (κ3) is 1.59. The van der Waals surface area contributed by atoms with Gasteiger partial charge in [-0.3, -0.25) is 0 Å². The minimum absolute atomic E-state index is 0.724. The lowest BCUT2D eigenvalue weighted by Crippen LogP contribution is -2.00. The Morgan fingerprint density at radius 3 is 2.80 bits per heavy atom. The van der Waals surface area contributed by atoms with Crippen LogP contribution in [0, 0.1) is 0 Å². The minimum atomic E-state index is 0.724. The molecule has 0 aliphatic carbocycles. The van der Waals surface area contributed by atoms with E-state index >= 15 is 0 Å². The van der Waals surface area contributed by atoms with Crippen molar-refractivity contribution in [2.45, 2.75) is 5.33 Å². The molecule has 4 nitrogen and oxygen atoms in total. The molecule has 4 aromatic rings. The van der Waals surface area contributed by atoms with E-state index in [0.717, 1.165) is 33.4 Å². The summed E-state index contributed by atoms with van der Waals surface area (Å²) in [6.45, 7) is 0. The van der Waals surface area contributed by atoms with Gasteiger partial charge in [-0.15, -0.1) is 0 Å². The summed E-state index contributed by atoms with van der Waals surface area (Å²) < 4.78 is 3.99. The van der Waals surface area contributed by atoms with Crippen LogP contribution in [0.4, 0.5) is 0 Å². The largest absolute Gasteiger partial charge is 0.301 e. The molecule has 0 aliphatic heterocycles. The van der Waals surface area contributed by atoms with Gasteiger partial charge in [0, 0.05) is 16.9 Å². The number of alkyl halides is 1. The molecule has 4 rings (SSSR count). The number of aromatic nitrogens is 4. The Bertz CT molecular complexity index is 906. The SMILES string of the molecule is BrCc1c(-n2ncc3ccccc32)nc2ccccn12. The number of hydrogen-bond donors (Lipinski definition) is 0. The molecule has 1 aromatic carbocycles. The standard InChI is InChI=1S/C15H11BrN4/c16-9-13-15(18-14-7-3-4-8-19(13)14)20-12-6-2-1-5-11(12)10-17-20/h1-8,10H,9H2. The Labute approximate surface area is 123 Å². The van der Waals surface area contributed by atoms with Gasteiger partial charge in [0.15, 0.2) is 5.82 Å². The lowest BCUT2D eigenvalue weighted by atomic mass is 10.2. The van der Waals surface area contributed by atoms with E-state index in [2.05, 4.69) is 37.6 Å². The van der Waals surface area contributed by atoms with Crippen LogP contribution < -0.4 is 0 Å². The zero-order valence-corrected chi connectivity index (χ0v) is 12.2. The molecule has 5 heteroatoms. The number of hydrogen-bond acceptors (Lipinski definition) is 2.